The number of nitrogens with zero attached hydrogens (tertiary/aromatic N) is 1. The molecule has 0 amide bonds. The van der Waals surface area contributed by atoms with E-state index in [1.807, 2.05) is 14.1 Å². The zero-order valence-corrected chi connectivity index (χ0v) is 11.6. The number of nitrogens with one attached hydrogen (secondary N) is 1. The highest BCUT2D eigenvalue weighted by Gasteiger charge is 2.19. The van der Waals surface area contributed by atoms with Gasteiger partial charge in [-0.25, -0.2) is 4.39 Å². The molecule has 1 rings (SSSR count). The Bertz CT molecular complexity index is 378. The zero-order chi connectivity index (χ0) is 13.1. The van der Waals surface area contributed by atoms with Crippen molar-refractivity contribution in [2.24, 2.45) is 0 Å². The van der Waals surface area contributed by atoms with Gasteiger partial charge in [-0.1, -0.05) is 17.7 Å². The molecule has 1 N–H and O–H groups in total. The van der Waals surface area contributed by atoms with E-state index in [1.54, 1.807) is 6.07 Å². The number of hydrogen-bond acceptors (Lipinski definition) is 2. The third-order valence-electron chi connectivity index (χ3n) is 3.10. The van der Waals surface area contributed by atoms with E-state index in [-0.39, 0.29) is 11.4 Å². The lowest BCUT2D eigenvalue weighted by Gasteiger charge is -2.32. The number of hydrogen-bond donors (Lipinski definition) is 1. The largest absolute Gasteiger partial charge is 0.311 e. The van der Waals surface area contributed by atoms with Crippen LogP contribution in [0.5, 0.6) is 0 Å². The van der Waals surface area contributed by atoms with Crippen molar-refractivity contribution >= 4 is 11.6 Å². The highest BCUT2D eigenvalue weighted by atomic mass is 35.5. The second-order valence-electron chi connectivity index (χ2n) is 5.05. The summed E-state index contributed by atoms with van der Waals surface area (Å²) >= 11 is 5.95. The smallest absolute Gasteiger partial charge is 0.124 e. The first-order chi connectivity index (χ1) is 7.83. The maximum absolute atomic E-state index is 12.9. The van der Waals surface area contributed by atoms with Gasteiger partial charge in [0.25, 0.3) is 0 Å². The monoisotopic (exact) mass is 258 g/mol. The number of likely N-dealkylation sites (N-methyl/N-ethyl adjacent to an activating group) is 1. The molecule has 4 heteroatoms. The van der Waals surface area contributed by atoms with Crippen LogP contribution in [0.4, 0.5) is 4.39 Å². The first kappa shape index (κ1) is 14.4. The zero-order valence-electron chi connectivity index (χ0n) is 10.8. The molecule has 0 saturated heterocycles. The summed E-state index contributed by atoms with van der Waals surface area (Å²) in [6.07, 6.45) is 0. The van der Waals surface area contributed by atoms with Crippen LogP contribution in [0.25, 0.3) is 0 Å². The number of halogens is 2. The van der Waals surface area contributed by atoms with E-state index < -0.39 is 0 Å². The predicted octanol–water partition coefficient (Wildman–Crippen LogP) is 2.91. The highest BCUT2D eigenvalue weighted by Crippen LogP contribution is 2.17. The molecule has 0 heterocycles. The van der Waals surface area contributed by atoms with Crippen molar-refractivity contribution in [1.29, 1.82) is 0 Å². The highest BCUT2D eigenvalue weighted by molar-refractivity contribution is 6.31. The van der Waals surface area contributed by atoms with Crippen LogP contribution in [0.1, 0.15) is 19.4 Å². The van der Waals surface area contributed by atoms with Crippen molar-refractivity contribution in [2.45, 2.75) is 25.9 Å². The molecule has 17 heavy (non-hydrogen) atoms. The van der Waals surface area contributed by atoms with Gasteiger partial charge >= 0.3 is 0 Å². The summed E-state index contributed by atoms with van der Waals surface area (Å²) in [6.45, 7) is 5.81. The Morgan fingerprint density at radius 2 is 2.00 bits per heavy atom. The average Bonchev–Trinajstić information content (AvgIpc) is 2.21. The van der Waals surface area contributed by atoms with Crippen LogP contribution in [-0.2, 0) is 6.54 Å². The van der Waals surface area contributed by atoms with Gasteiger partial charge in [-0.2, -0.15) is 0 Å². The van der Waals surface area contributed by atoms with Gasteiger partial charge in [-0.15, -0.1) is 0 Å². The van der Waals surface area contributed by atoms with Crippen LogP contribution in [0.3, 0.4) is 0 Å². The molecule has 0 aromatic heterocycles. The van der Waals surface area contributed by atoms with Crippen molar-refractivity contribution in [2.75, 3.05) is 20.6 Å². The third kappa shape index (κ3) is 4.26. The first-order valence-electron chi connectivity index (χ1n) is 5.65. The summed E-state index contributed by atoms with van der Waals surface area (Å²) in [6, 6.07) is 4.49. The van der Waals surface area contributed by atoms with Crippen LogP contribution >= 0.6 is 11.6 Å². The molecule has 0 atom stereocenters. The summed E-state index contributed by atoms with van der Waals surface area (Å²) < 4.78 is 12.9. The first-order valence-corrected chi connectivity index (χ1v) is 6.03. The Morgan fingerprint density at radius 1 is 1.35 bits per heavy atom. The fraction of sp³-hybridized carbons (Fsp3) is 0.538. The van der Waals surface area contributed by atoms with Crippen LogP contribution in [0.15, 0.2) is 18.2 Å². The Morgan fingerprint density at radius 3 is 2.53 bits per heavy atom. The quantitative estimate of drug-likeness (QED) is 0.874. The maximum Gasteiger partial charge on any atom is 0.124 e. The van der Waals surface area contributed by atoms with Crippen LogP contribution in [0, 0.1) is 5.82 Å². The fourth-order valence-corrected chi connectivity index (χ4v) is 1.56. The van der Waals surface area contributed by atoms with Crippen molar-refractivity contribution in [3.05, 3.63) is 34.6 Å². The second-order valence-corrected chi connectivity index (χ2v) is 5.45. The molecule has 0 aliphatic heterocycles. The fourth-order valence-electron chi connectivity index (χ4n) is 1.33. The topological polar surface area (TPSA) is 15.3 Å². The van der Waals surface area contributed by atoms with Crippen LogP contribution in [0.2, 0.25) is 5.02 Å². The minimum atomic E-state index is -0.299. The van der Waals surface area contributed by atoms with E-state index in [2.05, 4.69) is 24.1 Å². The van der Waals surface area contributed by atoms with Gasteiger partial charge in [0.1, 0.15) is 5.82 Å². The van der Waals surface area contributed by atoms with E-state index in [9.17, 15) is 4.39 Å². The van der Waals surface area contributed by atoms with Crippen LogP contribution in [-0.4, -0.2) is 31.1 Å². The molecule has 0 fully saturated rings. The Balaban J connectivity index is 2.51. The molecule has 2 nitrogen and oxygen atoms in total. The third-order valence-corrected chi connectivity index (χ3v) is 3.45. The molecular formula is C13H20ClFN2. The van der Waals surface area contributed by atoms with Crippen molar-refractivity contribution in [3.63, 3.8) is 0 Å². The molecule has 0 spiro atoms. The lowest BCUT2D eigenvalue weighted by molar-refractivity contribution is 0.190. The van der Waals surface area contributed by atoms with Gasteiger partial charge < -0.3 is 10.2 Å². The molecule has 0 bridgehead atoms. The lowest BCUT2D eigenvalue weighted by Crippen LogP contribution is -2.46. The minimum absolute atomic E-state index is 0.0759. The van der Waals surface area contributed by atoms with E-state index in [0.29, 0.717) is 11.6 Å². The predicted molar refractivity (Wildman–Crippen MR) is 70.9 cm³/mol. The standard InChI is InChI=1S/C13H20ClFN2/c1-13(2,17(3)4)9-16-8-10-5-6-11(15)7-12(10)14/h5-7,16H,8-9H2,1-4H3. The van der Waals surface area contributed by atoms with Gasteiger partial charge in [0.05, 0.1) is 0 Å². The van der Waals surface area contributed by atoms with Crippen molar-refractivity contribution < 1.29 is 4.39 Å². The van der Waals surface area contributed by atoms with Gasteiger partial charge in [0, 0.05) is 23.7 Å². The summed E-state index contributed by atoms with van der Waals surface area (Å²) in [5.41, 5.74) is 0.995. The number of benzene rings is 1. The van der Waals surface area contributed by atoms with Gasteiger partial charge in [-0.05, 0) is 45.6 Å². The summed E-state index contributed by atoms with van der Waals surface area (Å²) in [5.74, 6) is -0.299. The second kappa shape index (κ2) is 5.80. The molecule has 0 aliphatic carbocycles. The minimum Gasteiger partial charge on any atom is -0.311 e. The maximum atomic E-state index is 12.9. The molecule has 1 aromatic rings. The van der Waals surface area contributed by atoms with E-state index >= 15 is 0 Å². The Kier molecular flexibility index (Phi) is 4.92. The van der Waals surface area contributed by atoms with Crippen molar-refractivity contribution in [3.8, 4) is 0 Å². The molecule has 0 saturated carbocycles. The number of rotatable bonds is 5. The van der Waals surface area contributed by atoms with Gasteiger partial charge in [0.15, 0.2) is 0 Å². The van der Waals surface area contributed by atoms with Gasteiger partial charge in [0.2, 0.25) is 0 Å². The molecular weight excluding hydrogens is 239 g/mol. The lowest BCUT2D eigenvalue weighted by atomic mass is 10.0. The van der Waals surface area contributed by atoms with Crippen molar-refractivity contribution in [1.82, 2.24) is 10.2 Å². The van der Waals surface area contributed by atoms with Gasteiger partial charge in [-0.3, -0.25) is 0 Å². The normalized spacial score (nSPS) is 12.2. The Hall–Kier alpha value is -0.640. The van der Waals surface area contributed by atoms with E-state index in [4.69, 9.17) is 11.6 Å². The summed E-state index contributed by atoms with van der Waals surface area (Å²) in [7, 11) is 4.10. The molecule has 1 aromatic carbocycles. The average molecular weight is 259 g/mol. The summed E-state index contributed by atoms with van der Waals surface area (Å²) in [4.78, 5) is 2.16. The molecule has 96 valence electrons. The molecule has 0 aliphatic rings. The SMILES string of the molecule is CN(C)C(C)(C)CNCc1ccc(F)cc1Cl. The van der Waals surface area contributed by atoms with E-state index in [0.717, 1.165) is 12.1 Å². The summed E-state index contributed by atoms with van der Waals surface area (Å²) in [5, 5.41) is 3.81. The molecule has 0 unspecified atom stereocenters. The van der Waals surface area contributed by atoms with Crippen LogP contribution < -0.4 is 5.32 Å². The molecule has 0 radical (unpaired) electrons. The van der Waals surface area contributed by atoms with E-state index in [1.165, 1.54) is 12.1 Å². The Labute approximate surface area is 108 Å².